The first-order valence-corrected chi connectivity index (χ1v) is 6.38. The van der Waals surface area contributed by atoms with Crippen molar-refractivity contribution < 1.29 is 9.59 Å². The Morgan fingerprint density at radius 1 is 1.15 bits per heavy atom. The van der Waals surface area contributed by atoms with Crippen molar-refractivity contribution in [2.24, 2.45) is 0 Å². The molecule has 0 atom stereocenters. The lowest BCUT2D eigenvalue weighted by atomic mass is 10.1. The van der Waals surface area contributed by atoms with Gasteiger partial charge in [0.1, 0.15) is 0 Å². The fourth-order valence-electron chi connectivity index (χ4n) is 1.59. The zero-order valence-corrected chi connectivity index (χ0v) is 12.6. The first kappa shape index (κ1) is 18.2. The maximum Gasteiger partial charge on any atom is 0.224 e. The average molecular weight is 300 g/mol. The molecule has 0 radical (unpaired) electrons. The quantitative estimate of drug-likeness (QED) is 0.692. The van der Waals surface area contributed by atoms with E-state index in [1.54, 1.807) is 12.1 Å². The normalized spacial score (nSPS) is 9.75. The van der Waals surface area contributed by atoms with Gasteiger partial charge in [0, 0.05) is 24.7 Å². The summed E-state index contributed by atoms with van der Waals surface area (Å²) in [5.41, 5.74) is 7.14. The summed E-state index contributed by atoms with van der Waals surface area (Å²) in [6, 6.07) is 7.29. The largest absolute Gasteiger partial charge is 0.399 e. The molecule has 0 bridgehead atoms. The topological polar surface area (TPSA) is 84.2 Å². The number of nitrogens with two attached hydrogens (primary N) is 1. The first-order valence-electron chi connectivity index (χ1n) is 6.38. The fourth-order valence-corrected chi connectivity index (χ4v) is 1.59. The Labute approximate surface area is 125 Å². The molecule has 112 valence electrons. The molecule has 0 saturated carbocycles. The number of hydrogen-bond donors (Lipinski definition) is 3. The van der Waals surface area contributed by atoms with Crippen molar-refractivity contribution in [2.75, 3.05) is 12.3 Å². The molecule has 0 aromatic heterocycles. The molecule has 1 rings (SSSR count). The van der Waals surface area contributed by atoms with Gasteiger partial charge < -0.3 is 16.4 Å². The smallest absolute Gasteiger partial charge is 0.224 e. The van der Waals surface area contributed by atoms with E-state index in [1.807, 2.05) is 26.0 Å². The number of carbonyl (C=O) groups excluding carboxylic acids is 2. The highest BCUT2D eigenvalue weighted by atomic mass is 35.5. The zero-order chi connectivity index (χ0) is 14.3. The Morgan fingerprint density at radius 3 is 2.30 bits per heavy atom. The molecule has 1 aromatic carbocycles. The van der Waals surface area contributed by atoms with Crippen LogP contribution in [-0.2, 0) is 16.0 Å². The minimum atomic E-state index is -0.0953. The van der Waals surface area contributed by atoms with Crippen molar-refractivity contribution in [3.05, 3.63) is 29.8 Å². The highest BCUT2D eigenvalue weighted by molar-refractivity contribution is 5.85. The van der Waals surface area contributed by atoms with Gasteiger partial charge in [-0.05, 0) is 31.5 Å². The predicted molar refractivity (Wildman–Crippen MR) is 82.7 cm³/mol. The van der Waals surface area contributed by atoms with Gasteiger partial charge in [-0.3, -0.25) is 9.59 Å². The Bertz CT molecular complexity index is 433. The summed E-state index contributed by atoms with van der Waals surface area (Å²) < 4.78 is 0. The van der Waals surface area contributed by atoms with Crippen LogP contribution < -0.4 is 16.4 Å². The summed E-state index contributed by atoms with van der Waals surface area (Å²) in [5, 5.41) is 5.49. The lowest BCUT2D eigenvalue weighted by Gasteiger charge is -2.09. The molecular weight excluding hydrogens is 278 g/mol. The van der Waals surface area contributed by atoms with Crippen LogP contribution in [0.3, 0.4) is 0 Å². The van der Waals surface area contributed by atoms with E-state index in [0.29, 0.717) is 25.1 Å². The van der Waals surface area contributed by atoms with E-state index >= 15 is 0 Å². The summed E-state index contributed by atoms with van der Waals surface area (Å²) in [7, 11) is 0. The van der Waals surface area contributed by atoms with Crippen LogP contribution in [0, 0.1) is 0 Å². The Balaban J connectivity index is 0.00000361. The third kappa shape index (κ3) is 7.63. The van der Waals surface area contributed by atoms with Gasteiger partial charge in [-0.15, -0.1) is 12.4 Å². The van der Waals surface area contributed by atoms with E-state index in [4.69, 9.17) is 5.73 Å². The molecular formula is C14H22ClN3O2. The van der Waals surface area contributed by atoms with Gasteiger partial charge in [-0.1, -0.05) is 12.1 Å². The minimum Gasteiger partial charge on any atom is -0.399 e. The number of rotatable bonds is 6. The van der Waals surface area contributed by atoms with Crippen molar-refractivity contribution in [2.45, 2.75) is 32.7 Å². The van der Waals surface area contributed by atoms with Crippen LogP contribution in [0.2, 0.25) is 0 Å². The van der Waals surface area contributed by atoms with Crippen LogP contribution in [0.5, 0.6) is 0 Å². The second-order valence-corrected chi connectivity index (χ2v) is 4.74. The molecule has 0 saturated heterocycles. The lowest BCUT2D eigenvalue weighted by Crippen LogP contribution is -2.34. The van der Waals surface area contributed by atoms with Crippen molar-refractivity contribution in [1.29, 1.82) is 0 Å². The maximum atomic E-state index is 11.6. The minimum absolute atomic E-state index is 0. The third-order valence-corrected chi connectivity index (χ3v) is 2.47. The molecule has 0 aliphatic rings. The van der Waals surface area contributed by atoms with Crippen molar-refractivity contribution in [3.8, 4) is 0 Å². The van der Waals surface area contributed by atoms with Gasteiger partial charge in [0.05, 0.1) is 6.42 Å². The number of benzene rings is 1. The summed E-state index contributed by atoms with van der Waals surface area (Å²) in [5.74, 6) is -0.148. The van der Waals surface area contributed by atoms with E-state index in [-0.39, 0.29) is 30.3 Å². The summed E-state index contributed by atoms with van der Waals surface area (Å²) in [4.78, 5) is 23.0. The molecule has 4 N–H and O–H groups in total. The van der Waals surface area contributed by atoms with E-state index in [0.717, 1.165) is 5.56 Å². The van der Waals surface area contributed by atoms with E-state index < -0.39 is 0 Å². The van der Waals surface area contributed by atoms with Gasteiger partial charge in [-0.25, -0.2) is 0 Å². The number of halogens is 1. The molecule has 0 aliphatic heterocycles. The van der Waals surface area contributed by atoms with Crippen molar-refractivity contribution in [1.82, 2.24) is 10.6 Å². The van der Waals surface area contributed by atoms with Gasteiger partial charge >= 0.3 is 0 Å². The molecule has 1 aromatic rings. The van der Waals surface area contributed by atoms with Gasteiger partial charge in [-0.2, -0.15) is 0 Å². The maximum absolute atomic E-state index is 11.6. The molecule has 20 heavy (non-hydrogen) atoms. The van der Waals surface area contributed by atoms with Crippen LogP contribution in [0.1, 0.15) is 25.8 Å². The first-order chi connectivity index (χ1) is 8.97. The zero-order valence-electron chi connectivity index (χ0n) is 11.8. The van der Waals surface area contributed by atoms with Gasteiger partial charge in [0.15, 0.2) is 0 Å². The molecule has 0 heterocycles. The van der Waals surface area contributed by atoms with Gasteiger partial charge in [0.25, 0.3) is 0 Å². The number of nitrogen functional groups attached to an aromatic ring is 1. The van der Waals surface area contributed by atoms with Crippen LogP contribution in [0.4, 0.5) is 5.69 Å². The molecule has 0 spiro atoms. The molecule has 5 nitrogen and oxygen atoms in total. The number of amides is 2. The van der Waals surface area contributed by atoms with Crippen LogP contribution in [0.25, 0.3) is 0 Å². The van der Waals surface area contributed by atoms with Crippen LogP contribution in [-0.4, -0.2) is 24.4 Å². The molecule has 0 aliphatic carbocycles. The number of nitrogens with one attached hydrogen (secondary N) is 2. The second kappa shape index (κ2) is 9.20. The van der Waals surface area contributed by atoms with Crippen LogP contribution >= 0.6 is 12.4 Å². The molecule has 0 fully saturated rings. The fraction of sp³-hybridized carbons (Fsp3) is 0.429. The standard InChI is InChI=1S/C14H21N3O2.ClH/c1-10(2)17-13(18)7-8-16-14(19)9-11-3-5-12(15)6-4-11;/h3-6,10H,7-9,15H2,1-2H3,(H,16,19)(H,17,18);1H. The van der Waals surface area contributed by atoms with Crippen molar-refractivity contribution in [3.63, 3.8) is 0 Å². The SMILES string of the molecule is CC(C)NC(=O)CCNC(=O)Cc1ccc(N)cc1.Cl. The molecule has 0 unspecified atom stereocenters. The highest BCUT2D eigenvalue weighted by Gasteiger charge is 2.06. The summed E-state index contributed by atoms with van der Waals surface area (Å²) >= 11 is 0. The summed E-state index contributed by atoms with van der Waals surface area (Å²) in [6.07, 6.45) is 0.595. The predicted octanol–water partition coefficient (Wildman–Crippen LogP) is 1.26. The highest BCUT2D eigenvalue weighted by Crippen LogP contribution is 2.05. The molecule has 6 heteroatoms. The second-order valence-electron chi connectivity index (χ2n) is 4.74. The number of carbonyl (C=O) groups is 2. The Morgan fingerprint density at radius 2 is 1.75 bits per heavy atom. The van der Waals surface area contributed by atoms with E-state index in [1.165, 1.54) is 0 Å². The molecule has 2 amide bonds. The monoisotopic (exact) mass is 299 g/mol. The summed E-state index contributed by atoms with van der Waals surface area (Å²) in [6.45, 7) is 4.15. The average Bonchev–Trinajstić information content (AvgIpc) is 2.31. The van der Waals surface area contributed by atoms with E-state index in [9.17, 15) is 9.59 Å². The third-order valence-electron chi connectivity index (χ3n) is 2.47. The van der Waals surface area contributed by atoms with Crippen LogP contribution in [0.15, 0.2) is 24.3 Å². The Kier molecular flexibility index (Phi) is 8.40. The van der Waals surface area contributed by atoms with Gasteiger partial charge in [0.2, 0.25) is 11.8 Å². The Hall–Kier alpha value is -1.75. The van der Waals surface area contributed by atoms with Crippen molar-refractivity contribution >= 4 is 29.9 Å². The number of anilines is 1. The number of hydrogen-bond acceptors (Lipinski definition) is 3. The lowest BCUT2D eigenvalue weighted by molar-refractivity contribution is -0.122. The van der Waals surface area contributed by atoms with E-state index in [2.05, 4.69) is 10.6 Å².